The summed E-state index contributed by atoms with van der Waals surface area (Å²) in [6, 6.07) is 4.63. The van der Waals surface area contributed by atoms with E-state index in [1.54, 1.807) is 11.3 Å². The molecule has 0 aliphatic carbocycles. The van der Waals surface area contributed by atoms with Crippen molar-refractivity contribution in [1.82, 2.24) is 9.88 Å². The smallest absolute Gasteiger partial charge is 0.186 e. The Bertz CT molecular complexity index is 647. The average molecular weight is 320 g/mol. The first-order valence-electron chi connectivity index (χ1n) is 7.82. The lowest BCUT2D eigenvalue weighted by molar-refractivity contribution is 0.249. The van der Waals surface area contributed by atoms with Gasteiger partial charge in [0.05, 0.1) is 22.5 Å². The lowest BCUT2D eigenvalue weighted by atomic mass is 10.0. The third-order valence-electron chi connectivity index (χ3n) is 4.27. The maximum absolute atomic E-state index is 6.03. The molecule has 5 nitrogen and oxygen atoms in total. The highest BCUT2D eigenvalue weighted by Crippen LogP contribution is 2.35. The second-order valence-electron chi connectivity index (χ2n) is 5.97. The predicted molar refractivity (Wildman–Crippen MR) is 94.1 cm³/mol. The number of nitrogens with two attached hydrogens (primary N) is 1. The van der Waals surface area contributed by atoms with Gasteiger partial charge in [-0.2, -0.15) is 0 Å². The third-order valence-corrected chi connectivity index (χ3v) is 5.35. The van der Waals surface area contributed by atoms with Crippen molar-refractivity contribution in [2.24, 2.45) is 0 Å². The van der Waals surface area contributed by atoms with Gasteiger partial charge in [-0.25, -0.2) is 4.98 Å². The molecule has 2 N–H and O–H groups in total. The molecule has 3 rings (SSSR count). The number of ether oxygens (including phenoxy) is 1. The van der Waals surface area contributed by atoms with Crippen LogP contribution in [0.3, 0.4) is 0 Å². The molecule has 0 spiro atoms. The molecule has 1 aromatic heterocycles. The lowest BCUT2D eigenvalue weighted by Crippen LogP contribution is -2.41. The highest BCUT2D eigenvalue weighted by Gasteiger charge is 2.23. The number of aromatic nitrogens is 1. The molecule has 0 saturated carbocycles. The fourth-order valence-corrected chi connectivity index (χ4v) is 3.98. The molecule has 2 heterocycles. The predicted octanol–water partition coefficient (Wildman–Crippen LogP) is 2.81. The monoisotopic (exact) mass is 320 g/mol. The number of thiazole rings is 1. The molecule has 0 amide bonds. The van der Waals surface area contributed by atoms with E-state index in [1.807, 2.05) is 19.1 Å². The standard InChI is InChI=1S/C16H24N4OS/c1-4-21-14-10-15-13(9-12(14)17)18-16(22-15)20-7-5-11(6-8-20)19(2)3/h9-11H,4-8,17H2,1-3H3. The van der Waals surface area contributed by atoms with E-state index in [-0.39, 0.29) is 0 Å². The van der Waals surface area contributed by atoms with Crippen molar-refractivity contribution >= 4 is 32.4 Å². The van der Waals surface area contributed by atoms with Gasteiger partial charge < -0.3 is 20.3 Å². The second kappa shape index (κ2) is 6.30. The zero-order valence-corrected chi connectivity index (χ0v) is 14.3. The van der Waals surface area contributed by atoms with Crippen LogP contribution >= 0.6 is 11.3 Å². The summed E-state index contributed by atoms with van der Waals surface area (Å²) >= 11 is 1.73. The Morgan fingerprint density at radius 1 is 1.36 bits per heavy atom. The SMILES string of the molecule is CCOc1cc2sc(N3CCC(N(C)C)CC3)nc2cc1N. The molecular formula is C16H24N4OS. The normalized spacial score (nSPS) is 16.6. The number of nitrogen functional groups attached to an aromatic ring is 1. The third kappa shape index (κ3) is 2.98. The van der Waals surface area contributed by atoms with Crippen molar-refractivity contribution in [2.45, 2.75) is 25.8 Å². The van der Waals surface area contributed by atoms with Crippen LogP contribution in [0.5, 0.6) is 5.75 Å². The molecule has 0 atom stereocenters. The van der Waals surface area contributed by atoms with Gasteiger partial charge in [-0.05, 0) is 39.9 Å². The molecule has 0 unspecified atom stereocenters. The molecule has 1 fully saturated rings. The molecule has 0 bridgehead atoms. The van der Waals surface area contributed by atoms with Gasteiger partial charge in [0.1, 0.15) is 5.75 Å². The van der Waals surface area contributed by atoms with Crippen molar-refractivity contribution in [3.63, 3.8) is 0 Å². The van der Waals surface area contributed by atoms with Crippen LogP contribution in [0.2, 0.25) is 0 Å². The highest BCUT2D eigenvalue weighted by molar-refractivity contribution is 7.22. The number of anilines is 2. The summed E-state index contributed by atoms with van der Waals surface area (Å²) in [7, 11) is 4.33. The van der Waals surface area contributed by atoms with Crippen LogP contribution in [0.25, 0.3) is 10.2 Å². The van der Waals surface area contributed by atoms with Crippen molar-refractivity contribution in [3.05, 3.63) is 12.1 Å². The fourth-order valence-electron chi connectivity index (χ4n) is 2.95. The van der Waals surface area contributed by atoms with Crippen molar-refractivity contribution in [1.29, 1.82) is 0 Å². The summed E-state index contributed by atoms with van der Waals surface area (Å²) in [5.74, 6) is 0.761. The number of hydrogen-bond acceptors (Lipinski definition) is 6. The first-order valence-corrected chi connectivity index (χ1v) is 8.64. The first kappa shape index (κ1) is 15.4. The van der Waals surface area contributed by atoms with E-state index in [4.69, 9.17) is 15.5 Å². The van der Waals surface area contributed by atoms with E-state index in [1.165, 1.54) is 12.8 Å². The van der Waals surface area contributed by atoms with Gasteiger partial charge in [-0.1, -0.05) is 11.3 Å². The molecule has 1 aliphatic heterocycles. The number of rotatable bonds is 4. The van der Waals surface area contributed by atoms with Crippen LogP contribution in [-0.4, -0.2) is 49.7 Å². The van der Waals surface area contributed by atoms with Gasteiger partial charge in [0.15, 0.2) is 5.13 Å². The van der Waals surface area contributed by atoms with Crippen molar-refractivity contribution in [3.8, 4) is 5.75 Å². The average Bonchev–Trinajstić information content (AvgIpc) is 2.90. The zero-order valence-electron chi connectivity index (χ0n) is 13.5. The zero-order chi connectivity index (χ0) is 15.7. The first-order chi connectivity index (χ1) is 10.6. The Morgan fingerprint density at radius 2 is 2.09 bits per heavy atom. The highest BCUT2D eigenvalue weighted by atomic mass is 32.1. The summed E-state index contributed by atoms with van der Waals surface area (Å²) in [6.45, 7) is 4.73. The molecular weight excluding hydrogens is 296 g/mol. The van der Waals surface area contributed by atoms with Crippen LogP contribution in [0.4, 0.5) is 10.8 Å². The van der Waals surface area contributed by atoms with Gasteiger partial charge >= 0.3 is 0 Å². The molecule has 6 heteroatoms. The van der Waals surface area contributed by atoms with E-state index in [0.717, 1.165) is 34.2 Å². The number of fused-ring (bicyclic) bond motifs is 1. The lowest BCUT2D eigenvalue weighted by Gasteiger charge is -2.34. The summed E-state index contributed by atoms with van der Waals surface area (Å²) < 4.78 is 6.72. The minimum atomic E-state index is 0.624. The van der Waals surface area contributed by atoms with E-state index >= 15 is 0 Å². The molecule has 0 radical (unpaired) electrons. The molecule has 120 valence electrons. The van der Waals surface area contributed by atoms with E-state index in [9.17, 15) is 0 Å². The summed E-state index contributed by atoms with van der Waals surface area (Å²) in [4.78, 5) is 9.48. The molecule has 2 aromatic rings. The number of hydrogen-bond donors (Lipinski definition) is 1. The van der Waals surface area contributed by atoms with Gasteiger partial charge in [0, 0.05) is 25.2 Å². The largest absolute Gasteiger partial charge is 0.492 e. The summed E-state index contributed by atoms with van der Waals surface area (Å²) in [5, 5.41) is 1.10. The molecule has 1 saturated heterocycles. The number of piperidine rings is 1. The van der Waals surface area contributed by atoms with Gasteiger partial charge in [0.25, 0.3) is 0 Å². The fraction of sp³-hybridized carbons (Fsp3) is 0.562. The Hall–Kier alpha value is -1.53. The van der Waals surface area contributed by atoms with Crippen LogP contribution < -0.4 is 15.4 Å². The minimum absolute atomic E-state index is 0.624. The summed E-state index contributed by atoms with van der Waals surface area (Å²) in [5.41, 5.74) is 7.67. The Morgan fingerprint density at radius 3 is 2.73 bits per heavy atom. The topological polar surface area (TPSA) is 54.6 Å². The van der Waals surface area contributed by atoms with Crippen molar-refractivity contribution < 1.29 is 4.74 Å². The number of nitrogens with zero attached hydrogens (tertiary/aromatic N) is 3. The minimum Gasteiger partial charge on any atom is -0.492 e. The summed E-state index contributed by atoms with van der Waals surface area (Å²) in [6.07, 6.45) is 2.38. The Kier molecular flexibility index (Phi) is 4.40. The quantitative estimate of drug-likeness (QED) is 0.878. The van der Waals surface area contributed by atoms with Gasteiger partial charge in [-0.15, -0.1) is 0 Å². The van der Waals surface area contributed by atoms with Crippen LogP contribution in [0.15, 0.2) is 12.1 Å². The maximum atomic E-state index is 6.03. The Labute approximate surface area is 135 Å². The number of benzene rings is 1. The van der Waals surface area contributed by atoms with Crippen LogP contribution in [-0.2, 0) is 0 Å². The van der Waals surface area contributed by atoms with Crippen LogP contribution in [0, 0.1) is 0 Å². The molecule has 1 aliphatic rings. The van der Waals surface area contributed by atoms with Crippen molar-refractivity contribution in [2.75, 3.05) is 44.4 Å². The van der Waals surface area contributed by atoms with E-state index < -0.39 is 0 Å². The van der Waals surface area contributed by atoms with Gasteiger partial charge in [0.2, 0.25) is 0 Å². The van der Waals surface area contributed by atoms with Crippen LogP contribution in [0.1, 0.15) is 19.8 Å². The maximum Gasteiger partial charge on any atom is 0.186 e. The van der Waals surface area contributed by atoms with E-state index in [0.29, 0.717) is 18.3 Å². The van der Waals surface area contributed by atoms with E-state index in [2.05, 4.69) is 23.9 Å². The molecule has 1 aromatic carbocycles. The molecule has 22 heavy (non-hydrogen) atoms. The second-order valence-corrected chi connectivity index (χ2v) is 6.98. The Balaban J connectivity index is 1.80. The van der Waals surface area contributed by atoms with Gasteiger partial charge in [-0.3, -0.25) is 0 Å².